The molecule has 0 aliphatic rings. The van der Waals surface area contributed by atoms with Crippen molar-refractivity contribution in [3.63, 3.8) is 0 Å². The van der Waals surface area contributed by atoms with Gasteiger partial charge in [-0.1, -0.05) is 0 Å². The molecule has 9 heteroatoms. The summed E-state index contributed by atoms with van der Waals surface area (Å²) in [5.74, 6) is 2.98. The van der Waals surface area contributed by atoms with Crippen molar-refractivity contribution in [2.24, 2.45) is 0 Å². The van der Waals surface area contributed by atoms with Gasteiger partial charge in [-0.3, -0.25) is 0 Å². The Morgan fingerprint density at radius 2 is 1.53 bits per heavy atom. The largest absolute Gasteiger partial charge is 0.497 e. The number of hydrogen-bond donors (Lipinski definition) is 1. The molecule has 4 aromatic rings. The van der Waals surface area contributed by atoms with Crippen molar-refractivity contribution < 1.29 is 18.9 Å². The Hall–Kier alpha value is -4.01. The second kappa shape index (κ2) is 8.16. The summed E-state index contributed by atoms with van der Waals surface area (Å²) in [5, 5.41) is 8.54. The van der Waals surface area contributed by atoms with Crippen molar-refractivity contribution in [2.75, 3.05) is 33.8 Å². The van der Waals surface area contributed by atoms with E-state index in [1.54, 1.807) is 39.3 Å². The second-order valence-electron chi connectivity index (χ2n) is 6.25. The fraction of sp³-hybridized carbons (Fsp3) is 0.190. The number of benzene rings is 2. The van der Waals surface area contributed by atoms with Gasteiger partial charge in [-0.15, -0.1) is 0 Å². The summed E-state index contributed by atoms with van der Waals surface area (Å²) in [5.41, 5.74) is 2.26. The van der Waals surface area contributed by atoms with Crippen molar-refractivity contribution in [3.05, 3.63) is 48.9 Å². The summed E-state index contributed by atoms with van der Waals surface area (Å²) >= 11 is 0. The topological polar surface area (TPSA) is 92.6 Å². The number of rotatable bonds is 7. The summed E-state index contributed by atoms with van der Waals surface area (Å²) in [6.45, 7) is 0. The van der Waals surface area contributed by atoms with Crippen LogP contribution in [0.15, 0.2) is 48.9 Å². The molecule has 30 heavy (non-hydrogen) atoms. The van der Waals surface area contributed by atoms with Crippen LogP contribution in [0.5, 0.6) is 23.0 Å². The summed E-state index contributed by atoms with van der Waals surface area (Å²) in [6, 6.07) is 11.2. The van der Waals surface area contributed by atoms with Crippen LogP contribution in [-0.2, 0) is 0 Å². The molecule has 0 amide bonds. The molecule has 0 bridgehead atoms. The van der Waals surface area contributed by atoms with E-state index in [1.165, 1.54) is 6.33 Å². The van der Waals surface area contributed by atoms with Gasteiger partial charge in [-0.25, -0.2) is 14.6 Å². The van der Waals surface area contributed by atoms with Crippen LogP contribution in [-0.4, -0.2) is 48.2 Å². The van der Waals surface area contributed by atoms with E-state index < -0.39 is 0 Å². The molecular formula is C21H21N5O4. The van der Waals surface area contributed by atoms with Crippen LogP contribution >= 0.6 is 0 Å². The third kappa shape index (κ3) is 3.41. The maximum absolute atomic E-state index is 5.42. The van der Waals surface area contributed by atoms with Crippen molar-refractivity contribution >= 4 is 22.5 Å². The zero-order chi connectivity index (χ0) is 21.1. The minimum absolute atomic E-state index is 0.519. The Morgan fingerprint density at radius 3 is 2.13 bits per heavy atom. The number of ether oxygens (including phenoxy) is 4. The standard InChI is InChI=1S/C21H21N5O4/c1-27-15-7-5-14(6-8-15)26-21-16(11-24-26)20(22-12-23-21)25-13-9-17(28-2)19(30-4)18(10-13)29-3/h5-12H,1-4H3,(H,22,23,25). The molecule has 0 aliphatic heterocycles. The van der Waals surface area contributed by atoms with E-state index in [1.807, 2.05) is 36.4 Å². The van der Waals surface area contributed by atoms with Crippen molar-refractivity contribution in [2.45, 2.75) is 0 Å². The number of nitrogens with one attached hydrogen (secondary N) is 1. The molecule has 2 aromatic heterocycles. The molecule has 0 aliphatic carbocycles. The number of anilines is 2. The summed E-state index contributed by atoms with van der Waals surface area (Å²) < 4.78 is 23.2. The zero-order valence-electron chi connectivity index (χ0n) is 17.0. The number of methoxy groups -OCH3 is 4. The Bertz CT molecular complexity index is 1150. The molecule has 2 heterocycles. The van der Waals surface area contributed by atoms with Crippen LogP contribution in [0.25, 0.3) is 16.7 Å². The fourth-order valence-electron chi connectivity index (χ4n) is 3.15. The molecule has 4 rings (SSSR count). The van der Waals surface area contributed by atoms with Crippen LogP contribution in [0, 0.1) is 0 Å². The first kappa shape index (κ1) is 19.3. The smallest absolute Gasteiger partial charge is 0.203 e. The summed E-state index contributed by atoms with van der Waals surface area (Å²) in [4.78, 5) is 8.79. The van der Waals surface area contributed by atoms with Crippen LogP contribution < -0.4 is 24.3 Å². The maximum atomic E-state index is 5.42. The molecule has 0 spiro atoms. The lowest BCUT2D eigenvalue weighted by Crippen LogP contribution is -2.01. The van der Waals surface area contributed by atoms with Crippen molar-refractivity contribution in [1.82, 2.24) is 19.7 Å². The van der Waals surface area contributed by atoms with Crippen molar-refractivity contribution in [3.8, 4) is 28.7 Å². The van der Waals surface area contributed by atoms with Gasteiger partial charge in [-0.05, 0) is 24.3 Å². The molecule has 0 fully saturated rings. The minimum atomic E-state index is 0.519. The first-order valence-corrected chi connectivity index (χ1v) is 9.08. The third-order valence-electron chi connectivity index (χ3n) is 4.61. The van der Waals surface area contributed by atoms with Gasteiger partial charge in [0.2, 0.25) is 5.75 Å². The quantitative estimate of drug-likeness (QED) is 0.497. The van der Waals surface area contributed by atoms with E-state index in [9.17, 15) is 0 Å². The predicted molar refractivity (Wildman–Crippen MR) is 113 cm³/mol. The van der Waals surface area contributed by atoms with E-state index in [2.05, 4.69) is 20.4 Å². The average Bonchev–Trinajstić information content (AvgIpc) is 3.23. The molecule has 0 atom stereocenters. The first-order valence-electron chi connectivity index (χ1n) is 9.08. The average molecular weight is 407 g/mol. The lowest BCUT2D eigenvalue weighted by Gasteiger charge is -2.15. The normalized spacial score (nSPS) is 10.7. The number of aromatic nitrogens is 4. The van der Waals surface area contributed by atoms with Gasteiger partial charge >= 0.3 is 0 Å². The first-order chi connectivity index (χ1) is 14.7. The Balaban J connectivity index is 1.73. The molecule has 0 radical (unpaired) electrons. The van der Waals surface area contributed by atoms with Gasteiger partial charge in [0.15, 0.2) is 17.1 Å². The summed E-state index contributed by atoms with van der Waals surface area (Å²) in [6.07, 6.45) is 3.21. The molecule has 0 saturated carbocycles. The number of fused-ring (bicyclic) bond motifs is 1. The van der Waals surface area contributed by atoms with Gasteiger partial charge < -0.3 is 24.3 Å². The SMILES string of the molecule is COc1ccc(-n2ncc3c(Nc4cc(OC)c(OC)c(OC)c4)ncnc32)cc1. The third-order valence-corrected chi connectivity index (χ3v) is 4.61. The fourth-order valence-corrected chi connectivity index (χ4v) is 3.15. The maximum Gasteiger partial charge on any atom is 0.203 e. The lowest BCUT2D eigenvalue weighted by atomic mass is 10.2. The van der Waals surface area contributed by atoms with Gasteiger partial charge in [-0.2, -0.15) is 5.10 Å². The highest BCUT2D eigenvalue weighted by molar-refractivity contribution is 5.89. The van der Waals surface area contributed by atoms with Crippen LogP contribution in [0.1, 0.15) is 0 Å². The van der Waals surface area contributed by atoms with E-state index in [4.69, 9.17) is 18.9 Å². The molecule has 154 valence electrons. The van der Waals surface area contributed by atoms with Gasteiger partial charge in [0.05, 0.1) is 45.7 Å². The van der Waals surface area contributed by atoms with E-state index >= 15 is 0 Å². The van der Waals surface area contributed by atoms with Gasteiger partial charge in [0, 0.05) is 17.8 Å². The molecule has 2 aromatic carbocycles. The van der Waals surface area contributed by atoms with E-state index in [-0.39, 0.29) is 0 Å². The van der Waals surface area contributed by atoms with E-state index in [0.717, 1.165) is 22.5 Å². The van der Waals surface area contributed by atoms with Crippen LogP contribution in [0.4, 0.5) is 11.5 Å². The lowest BCUT2D eigenvalue weighted by molar-refractivity contribution is 0.324. The highest BCUT2D eigenvalue weighted by atomic mass is 16.5. The molecular weight excluding hydrogens is 386 g/mol. The zero-order valence-corrected chi connectivity index (χ0v) is 17.0. The highest BCUT2D eigenvalue weighted by Gasteiger charge is 2.16. The van der Waals surface area contributed by atoms with Gasteiger partial charge in [0.1, 0.15) is 17.9 Å². The minimum Gasteiger partial charge on any atom is -0.497 e. The molecule has 0 saturated heterocycles. The molecule has 0 unspecified atom stereocenters. The Morgan fingerprint density at radius 1 is 0.833 bits per heavy atom. The predicted octanol–water partition coefficient (Wildman–Crippen LogP) is 3.59. The number of nitrogens with zero attached hydrogens (tertiary/aromatic N) is 4. The van der Waals surface area contributed by atoms with Gasteiger partial charge in [0.25, 0.3) is 0 Å². The summed E-state index contributed by atoms with van der Waals surface area (Å²) in [7, 11) is 6.34. The van der Waals surface area contributed by atoms with Crippen LogP contribution in [0.3, 0.4) is 0 Å². The van der Waals surface area contributed by atoms with Crippen molar-refractivity contribution in [1.29, 1.82) is 0 Å². The highest BCUT2D eigenvalue weighted by Crippen LogP contribution is 2.40. The second-order valence-corrected chi connectivity index (χ2v) is 6.25. The molecule has 9 nitrogen and oxygen atoms in total. The number of hydrogen-bond acceptors (Lipinski definition) is 8. The van der Waals surface area contributed by atoms with Crippen LogP contribution in [0.2, 0.25) is 0 Å². The Labute approximate surface area is 173 Å². The monoisotopic (exact) mass is 407 g/mol. The Kier molecular flexibility index (Phi) is 5.25. The van der Waals surface area contributed by atoms with E-state index in [0.29, 0.717) is 28.7 Å². The molecule has 1 N–H and O–H groups in total.